The number of carbonyl (C=O) groups excluding carboxylic acids is 1. The normalized spacial score (nSPS) is 10.9. The quantitative estimate of drug-likeness (QED) is 0.670. The summed E-state index contributed by atoms with van der Waals surface area (Å²) >= 11 is 0. The highest BCUT2D eigenvalue weighted by Gasteiger charge is 2.01. The molecule has 0 aliphatic rings. The second kappa shape index (κ2) is 9.32. The van der Waals surface area contributed by atoms with Crippen molar-refractivity contribution in [3.8, 4) is 23.0 Å². The summed E-state index contributed by atoms with van der Waals surface area (Å²) in [6, 6.07) is 10.8. The molecule has 0 heterocycles. The molecule has 0 saturated heterocycles. The van der Waals surface area contributed by atoms with Gasteiger partial charge in [0.1, 0.15) is 23.0 Å². The standard InChI is InChI=1S/C21H22O5/c1-23-18-9-15(10-19(13-18)24-2)5-7-17(22)8-6-16-11-20(25-3)14-21(12-16)26-4/h5-14H,1-4H3. The summed E-state index contributed by atoms with van der Waals surface area (Å²) in [6.07, 6.45) is 6.40. The Labute approximate surface area is 153 Å². The molecule has 0 bridgehead atoms. The van der Waals surface area contributed by atoms with Gasteiger partial charge in [-0.15, -0.1) is 0 Å². The minimum atomic E-state index is -0.145. The Balaban J connectivity index is 2.13. The summed E-state index contributed by atoms with van der Waals surface area (Å²) in [5.74, 6) is 2.51. The highest BCUT2D eigenvalue weighted by molar-refractivity contribution is 6.04. The molecule has 0 N–H and O–H groups in total. The average Bonchev–Trinajstić information content (AvgIpc) is 2.69. The van der Waals surface area contributed by atoms with Crippen LogP contribution in [0.15, 0.2) is 48.6 Å². The van der Waals surface area contributed by atoms with Gasteiger partial charge in [0.05, 0.1) is 28.4 Å². The summed E-state index contributed by atoms with van der Waals surface area (Å²) in [7, 11) is 6.33. The van der Waals surface area contributed by atoms with Crippen molar-refractivity contribution in [1.29, 1.82) is 0 Å². The largest absolute Gasteiger partial charge is 0.497 e. The molecular formula is C21H22O5. The molecule has 0 saturated carbocycles. The van der Waals surface area contributed by atoms with E-state index in [1.165, 1.54) is 12.2 Å². The molecule has 5 nitrogen and oxygen atoms in total. The van der Waals surface area contributed by atoms with Crippen LogP contribution in [-0.4, -0.2) is 34.2 Å². The molecule has 0 spiro atoms. The number of hydrogen-bond donors (Lipinski definition) is 0. The van der Waals surface area contributed by atoms with Gasteiger partial charge in [0.15, 0.2) is 5.78 Å². The number of benzene rings is 2. The van der Waals surface area contributed by atoms with E-state index in [9.17, 15) is 4.79 Å². The predicted molar refractivity (Wildman–Crippen MR) is 102 cm³/mol. The van der Waals surface area contributed by atoms with Crippen LogP contribution in [0.1, 0.15) is 11.1 Å². The van der Waals surface area contributed by atoms with Crippen molar-refractivity contribution in [3.63, 3.8) is 0 Å². The maximum absolute atomic E-state index is 12.1. The second-order valence-corrected chi connectivity index (χ2v) is 5.36. The summed E-state index contributed by atoms with van der Waals surface area (Å²) in [4.78, 5) is 12.1. The van der Waals surface area contributed by atoms with Gasteiger partial charge in [-0.25, -0.2) is 0 Å². The number of ketones is 1. The Morgan fingerprint density at radius 2 is 0.923 bits per heavy atom. The lowest BCUT2D eigenvalue weighted by molar-refractivity contribution is -0.110. The zero-order valence-electron chi connectivity index (χ0n) is 15.3. The third-order valence-corrected chi connectivity index (χ3v) is 3.63. The fourth-order valence-corrected chi connectivity index (χ4v) is 2.26. The van der Waals surface area contributed by atoms with Gasteiger partial charge in [-0.1, -0.05) is 12.2 Å². The van der Waals surface area contributed by atoms with Crippen LogP contribution in [0, 0.1) is 0 Å². The first-order chi connectivity index (χ1) is 12.6. The van der Waals surface area contributed by atoms with Crippen molar-refractivity contribution in [2.24, 2.45) is 0 Å². The summed E-state index contributed by atoms with van der Waals surface area (Å²) in [6.45, 7) is 0. The van der Waals surface area contributed by atoms with Crippen LogP contribution >= 0.6 is 0 Å². The second-order valence-electron chi connectivity index (χ2n) is 5.36. The van der Waals surface area contributed by atoms with Crippen molar-refractivity contribution in [1.82, 2.24) is 0 Å². The zero-order valence-corrected chi connectivity index (χ0v) is 15.3. The van der Waals surface area contributed by atoms with Gasteiger partial charge in [-0.2, -0.15) is 0 Å². The Morgan fingerprint density at radius 3 is 1.19 bits per heavy atom. The molecule has 136 valence electrons. The number of rotatable bonds is 8. The van der Waals surface area contributed by atoms with Crippen LogP contribution in [0.2, 0.25) is 0 Å². The van der Waals surface area contributed by atoms with E-state index >= 15 is 0 Å². The lowest BCUT2D eigenvalue weighted by Crippen LogP contribution is -1.90. The van der Waals surface area contributed by atoms with E-state index in [0.717, 1.165) is 11.1 Å². The van der Waals surface area contributed by atoms with E-state index < -0.39 is 0 Å². The monoisotopic (exact) mass is 354 g/mol. The first-order valence-electron chi connectivity index (χ1n) is 7.94. The van der Waals surface area contributed by atoms with Gasteiger partial charge in [0.2, 0.25) is 0 Å². The maximum atomic E-state index is 12.1. The molecule has 0 aromatic heterocycles. The van der Waals surface area contributed by atoms with E-state index in [1.54, 1.807) is 52.7 Å². The number of hydrogen-bond acceptors (Lipinski definition) is 5. The summed E-state index contributed by atoms with van der Waals surface area (Å²) in [5.41, 5.74) is 1.62. The van der Waals surface area contributed by atoms with Crippen molar-refractivity contribution in [2.75, 3.05) is 28.4 Å². The fraction of sp³-hybridized carbons (Fsp3) is 0.190. The molecule has 0 atom stereocenters. The summed E-state index contributed by atoms with van der Waals surface area (Å²) in [5, 5.41) is 0. The minimum absolute atomic E-state index is 0.145. The number of ether oxygens (including phenoxy) is 4. The van der Waals surface area contributed by atoms with Gasteiger partial charge >= 0.3 is 0 Å². The van der Waals surface area contributed by atoms with Gasteiger partial charge in [-0.3, -0.25) is 4.79 Å². The van der Waals surface area contributed by atoms with Gasteiger partial charge in [0, 0.05) is 12.1 Å². The number of carbonyl (C=O) groups is 1. The molecule has 0 unspecified atom stereocenters. The molecule has 2 rings (SSSR count). The van der Waals surface area contributed by atoms with Gasteiger partial charge in [0.25, 0.3) is 0 Å². The zero-order chi connectivity index (χ0) is 18.9. The van der Waals surface area contributed by atoms with Crippen molar-refractivity contribution >= 4 is 17.9 Å². The fourth-order valence-electron chi connectivity index (χ4n) is 2.26. The molecule has 0 aliphatic heterocycles. The Hall–Kier alpha value is -3.21. The Kier molecular flexibility index (Phi) is 6.85. The first-order valence-corrected chi connectivity index (χ1v) is 7.94. The smallest absolute Gasteiger partial charge is 0.178 e. The molecule has 0 aliphatic carbocycles. The van der Waals surface area contributed by atoms with E-state index in [1.807, 2.05) is 24.3 Å². The van der Waals surface area contributed by atoms with Crippen LogP contribution in [0.3, 0.4) is 0 Å². The van der Waals surface area contributed by atoms with Crippen molar-refractivity contribution in [2.45, 2.75) is 0 Å². The predicted octanol–water partition coefficient (Wildman–Crippen LogP) is 4.02. The minimum Gasteiger partial charge on any atom is -0.497 e. The lowest BCUT2D eigenvalue weighted by atomic mass is 10.1. The highest BCUT2D eigenvalue weighted by Crippen LogP contribution is 2.24. The van der Waals surface area contributed by atoms with E-state index in [0.29, 0.717) is 23.0 Å². The SMILES string of the molecule is COc1cc(C=CC(=O)C=Cc2cc(OC)cc(OC)c2)cc(OC)c1. The third kappa shape index (κ3) is 5.41. The maximum Gasteiger partial charge on any atom is 0.178 e. The molecule has 0 fully saturated rings. The average molecular weight is 354 g/mol. The van der Waals surface area contributed by atoms with E-state index in [2.05, 4.69) is 0 Å². The summed E-state index contributed by atoms with van der Waals surface area (Å²) < 4.78 is 20.9. The number of methoxy groups -OCH3 is 4. The van der Waals surface area contributed by atoms with E-state index in [4.69, 9.17) is 18.9 Å². The van der Waals surface area contributed by atoms with Gasteiger partial charge < -0.3 is 18.9 Å². The van der Waals surface area contributed by atoms with Crippen LogP contribution in [0.5, 0.6) is 23.0 Å². The first kappa shape index (κ1) is 19.1. The lowest BCUT2D eigenvalue weighted by Gasteiger charge is -2.05. The van der Waals surface area contributed by atoms with Crippen molar-refractivity contribution < 1.29 is 23.7 Å². The highest BCUT2D eigenvalue weighted by atomic mass is 16.5. The molecular weight excluding hydrogens is 332 g/mol. The molecule has 0 radical (unpaired) electrons. The van der Waals surface area contributed by atoms with Crippen LogP contribution in [-0.2, 0) is 4.79 Å². The molecule has 2 aromatic carbocycles. The van der Waals surface area contributed by atoms with Crippen molar-refractivity contribution in [3.05, 3.63) is 59.7 Å². The van der Waals surface area contributed by atoms with Crippen LogP contribution < -0.4 is 18.9 Å². The van der Waals surface area contributed by atoms with Crippen LogP contribution in [0.25, 0.3) is 12.2 Å². The molecule has 2 aromatic rings. The molecule has 5 heteroatoms. The number of allylic oxidation sites excluding steroid dienone is 2. The van der Waals surface area contributed by atoms with Crippen LogP contribution in [0.4, 0.5) is 0 Å². The Morgan fingerprint density at radius 1 is 0.615 bits per heavy atom. The van der Waals surface area contributed by atoms with E-state index in [-0.39, 0.29) is 5.78 Å². The van der Waals surface area contributed by atoms with Gasteiger partial charge in [-0.05, 0) is 47.5 Å². The Bertz CT molecular complexity index is 709. The molecule has 0 amide bonds. The topological polar surface area (TPSA) is 54.0 Å². The third-order valence-electron chi connectivity index (χ3n) is 3.63. The molecule has 26 heavy (non-hydrogen) atoms.